The lowest BCUT2D eigenvalue weighted by Crippen LogP contribution is -2.12. The van der Waals surface area contributed by atoms with Gasteiger partial charge in [-0.3, -0.25) is 0 Å². The van der Waals surface area contributed by atoms with Crippen molar-refractivity contribution in [2.75, 3.05) is 23.8 Å². The number of benzene rings is 2. The maximum Gasteiger partial charge on any atom is 0.141 e. The van der Waals surface area contributed by atoms with Gasteiger partial charge in [0.1, 0.15) is 11.9 Å². The number of rotatable bonds is 3. The van der Waals surface area contributed by atoms with E-state index in [1.165, 1.54) is 28.9 Å². The molecule has 0 fully saturated rings. The van der Waals surface area contributed by atoms with Crippen LogP contribution in [0.4, 0.5) is 15.8 Å². The van der Waals surface area contributed by atoms with Gasteiger partial charge in [-0.2, -0.15) is 5.26 Å². The fourth-order valence-corrected chi connectivity index (χ4v) is 2.66. The third kappa shape index (κ3) is 2.68. The van der Waals surface area contributed by atoms with E-state index in [4.69, 9.17) is 5.26 Å². The Kier molecular flexibility index (Phi) is 3.49. The van der Waals surface area contributed by atoms with Gasteiger partial charge in [-0.15, -0.1) is 0 Å². The molecule has 106 valence electrons. The minimum Gasteiger partial charge on any atom is -0.381 e. The van der Waals surface area contributed by atoms with Crippen LogP contribution in [0, 0.1) is 17.1 Å². The smallest absolute Gasteiger partial charge is 0.141 e. The molecule has 0 amide bonds. The first kappa shape index (κ1) is 13.4. The molecule has 1 aliphatic rings. The molecule has 3 nitrogen and oxygen atoms in total. The second-order valence-electron chi connectivity index (χ2n) is 5.29. The summed E-state index contributed by atoms with van der Waals surface area (Å²) < 4.78 is 13.3. The van der Waals surface area contributed by atoms with E-state index >= 15 is 0 Å². The molecule has 0 unspecified atom stereocenters. The van der Waals surface area contributed by atoms with Gasteiger partial charge in [0.2, 0.25) is 0 Å². The molecular weight excluding hydrogens is 265 g/mol. The highest BCUT2D eigenvalue weighted by molar-refractivity contribution is 5.59. The molecule has 1 N–H and O–H groups in total. The average molecular weight is 281 g/mol. The molecule has 0 saturated carbocycles. The zero-order chi connectivity index (χ0) is 14.8. The number of nitrogens with one attached hydrogen (secondary N) is 1. The van der Waals surface area contributed by atoms with Gasteiger partial charge in [-0.1, -0.05) is 12.1 Å². The summed E-state index contributed by atoms with van der Waals surface area (Å²) in [5, 5.41) is 12.1. The van der Waals surface area contributed by atoms with Gasteiger partial charge in [-0.05, 0) is 41.8 Å². The van der Waals surface area contributed by atoms with Crippen LogP contribution in [0.15, 0.2) is 36.4 Å². The fourth-order valence-electron chi connectivity index (χ4n) is 2.66. The standard InChI is InChI=1S/C17H16FN3/c1-21-7-6-13-8-12(2-5-17(13)21)11-20-15-3-4-16(18)14(9-15)10-19/h2-5,8-9,20H,6-7,11H2,1H3. The summed E-state index contributed by atoms with van der Waals surface area (Å²) in [4.78, 5) is 2.26. The minimum atomic E-state index is -0.483. The number of nitrogens with zero attached hydrogens (tertiary/aromatic N) is 2. The predicted octanol–water partition coefficient (Wildman–Crippen LogP) is 3.30. The summed E-state index contributed by atoms with van der Waals surface area (Å²) in [6.07, 6.45) is 1.08. The van der Waals surface area contributed by atoms with Gasteiger partial charge in [-0.25, -0.2) is 4.39 Å². The number of nitriles is 1. The fraction of sp³-hybridized carbons (Fsp3) is 0.235. The Labute approximate surface area is 123 Å². The van der Waals surface area contributed by atoms with Crippen LogP contribution >= 0.6 is 0 Å². The summed E-state index contributed by atoms with van der Waals surface area (Å²) in [5.41, 5.74) is 4.67. The third-order valence-electron chi connectivity index (χ3n) is 3.86. The molecule has 0 aromatic heterocycles. The number of hydrogen-bond donors (Lipinski definition) is 1. The topological polar surface area (TPSA) is 39.1 Å². The van der Waals surface area contributed by atoms with Crippen molar-refractivity contribution in [3.05, 3.63) is 58.9 Å². The summed E-state index contributed by atoms with van der Waals surface area (Å²) in [6, 6.07) is 12.8. The summed E-state index contributed by atoms with van der Waals surface area (Å²) in [6.45, 7) is 1.73. The zero-order valence-corrected chi connectivity index (χ0v) is 11.9. The summed E-state index contributed by atoms with van der Waals surface area (Å²) in [7, 11) is 2.10. The summed E-state index contributed by atoms with van der Waals surface area (Å²) >= 11 is 0. The monoisotopic (exact) mass is 281 g/mol. The van der Waals surface area contributed by atoms with Crippen molar-refractivity contribution in [2.45, 2.75) is 13.0 Å². The zero-order valence-electron chi connectivity index (χ0n) is 11.9. The minimum absolute atomic E-state index is 0.0654. The molecule has 0 aliphatic carbocycles. The maximum atomic E-state index is 13.3. The van der Waals surface area contributed by atoms with Crippen molar-refractivity contribution in [3.63, 3.8) is 0 Å². The van der Waals surface area contributed by atoms with Gasteiger partial charge < -0.3 is 10.2 Å². The van der Waals surface area contributed by atoms with Crippen molar-refractivity contribution in [1.29, 1.82) is 5.26 Å². The number of fused-ring (bicyclic) bond motifs is 1. The van der Waals surface area contributed by atoms with Crippen LogP contribution in [-0.2, 0) is 13.0 Å². The highest BCUT2D eigenvalue weighted by atomic mass is 19.1. The van der Waals surface area contributed by atoms with Gasteiger partial charge in [0.05, 0.1) is 5.56 Å². The lowest BCUT2D eigenvalue weighted by molar-refractivity contribution is 0.624. The van der Waals surface area contributed by atoms with Crippen LogP contribution in [0.5, 0.6) is 0 Å². The van der Waals surface area contributed by atoms with Crippen LogP contribution < -0.4 is 10.2 Å². The van der Waals surface area contributed by atoms with Gasteiger partial charge in [0.15, 0.2) is 0 Å². The number of halogens is 1. The first-order valence-corrected chi connectivity index (χ1v) is 6.94. The molecular formula is C17H16FN3. The first-order chi connectivity index (χ1) is 10.2. The number of hydrogen-bond acceptors (Lipinski definition) is 3. The van der Waals surface area contributed by atoms with E-state index in [1.807, 2.05) is 6.07 Å². The van der Waals surface area contributed by atoms with E-state index < -0.39 is 5.82 Å². The van der Waals surface area contributed by atoms with E-state index in [0.717, 1.165) is 18.7 Å². The molecule has 0 radical (unpaired) electrons. The van der Waals surface area contributed by atoms with Crippen LogP contribution in [0.2, 0.25) is 0 Å². The van der Waals surface area contributed by atoms with E-state index in [-0.39, 0.29) is 5.56 Å². The van der Waals surface area contributed by atoms with Gasteiger partial charge in [0, 0.05) is 31.5 Å². The molecule has 0 atom stereocenters. The Bertz CT molecular complexity index is 718. The van der Waals surface area contributed by atoms with Gasteiger partial charge >= 0.3 is 0 Å². The Hall–Kier alpha value is -2.54. The molecule has 1 aliphatic heterocycles. The van der Waals surface area contributed by atoms with E-state index in [9.17, 15) is 4.39 Å². The van der Waals surface area contributed by atoms with Crippen LogP contribution in [0.3, 0.4) is 0 Å². The molecule has 0 bridgehead atoms. The first-order valence-electron chi connectivity index (χ1n) is 6.94. The Morgan fingerprint density at radius 2 is 2.14 bits per heavy atom. The van der Waals surface area contributed by atoms with Gasteiger partial charge in [0.25, 0.3) is 0 Å². The molecule has 21 heavy (non-hydrogen) atoms. The molecule has 4 heteroatoms. The number of anilines is 2. The lowest BCUT2D eigenvalue weighted by atomic mass is 10.1. The maximum absolute atomic E-state index is 13.3. The van der Waals surface area contributed by atoms with Crippen molar-refractivity contribution in [1.82, 2.24) is 0 Å². The van der Waals surface area contributed by atoms with Crippen molar-refractivity contribution < 1.29 is 4.39 Å². The van der Waals surface area contributed by atoms with E-state index in [2.05, 4.69) is 35.5 Å². The number of likely N-dealkylation sites (N-methyl/N-ethyl adjacent to an activating group) is 1. The Morgan fingerprint density at radius 1 is 1.29 bits per heavy atom. The van der Waals surface area contributed by atoms with Crippen molar-refractivity contribution >= 4 is 11.4 Å². The molecule has 3 rings (SSSR count). The quantitative estimate of drug-likeness (QED) is 0.938. The van der Waals surface area contributed by atoms with Crippen molar-refractivity contribution in [2.24, 2.45) is 0 Å². The van der Waals surface area contributed by atoms with Crippen LogP contribution in [-0.4, -0.2) is 13.6 Å². The van der Waals surface area contributed by atoms with Crippen molar-refractivity contribution in [3.8, 4) is 6.07 Å². The van der Waals surface area contributed by atoms with Crippen LogP contribution in [0.1, 0.15) is 16.7 Å². The molecule has 1 heterocycles. The summed E-state index contributed by atoms with van der Waals surface area (Å²) in [5.74, 6) is -0.483. The highest BCUT2D eigenvalue weighted by Crippen LogP contribution is 2.27. The molecule has 2 aromatic rings. The second-order valence-corrected chi connectivity index (χ2v) is 5.29. The Morgan fingerprint density at radius 3 is 2.95 bits per heavy atom. The van der Waals surface area contributed by atoms with Crippen LogP contribution in [0.25, 0.3) is 0 Å². The third-order valence-corrected chi connectivity index (χ3v) is 3.86. The highest BCUT2D eigenvalue weighted by Gasteiger charge is 2.15. The van der Waals surface area contributed by atoms with E-state index in [1.54, 1.807) is 6.07 Å². The second kappa shape index (κ2) is 5.45. The normalized spacial score (nSPS) is 12.9. The lowest BCUT2D eigenvalue weighted by Gasteiger charge is -2.13. The predicted molar refractivity (Wildman–Crippen MR) is 81.9 cm³/mol. The molecule has 0 saturated heterocycles. The Balaban J connectivity index is 1.72. The van der Waals surface area contributed by atoms with E-state index in [0.29, 0.717) is 6.54 Å². The average Bonchev–Trinajstić information content (AvgIpc) is 2.87. The molecule has 0 spiro atoms. The largest absolute Gasteiger partial charge is 0.381 e. The SMILES string of the molecule is CN1CCc2cc(CNc3ccc(F)c(C#N)c3)ccc21. The molecule has 2 aromatic carbocycles.